The van der Waals surface area contributed by atoms with Crippen molar-refractivity contribution in [3.05, 3.63) is 44.1 Å². The Morgan fingerprint density at radius 2 is 2.00 bits per heavy atom. The number of ether oxygens (including phenoxy) is 2. The van der Waals surface area contributed by atoms with E-state index in [2.05, 4.69) is 42.2 Å². The summed E-state index contributed by atoms with van der Waals surface area (Å²) in [5.74, 6) is 1.51. The van der Waals surface area contributed by atoms with Crippen molar-refractivity contribution in [1.82, 2.24) is 4.98 Å². The number of rotatable bonds is 3. The maximum absolute atomic E-state index is 6.06. The Morgan fingerprint density at radius 3 is 2.86 bits per heavy atom. The van der Waals surface area contributed by atoms with E-state index in [4.69, 9.17) is 21.1 Å². The van der Waals surface area contributed by atoms with Crippen LogP contribution in [0.3, 0.4) is 0 Å². The van der Waals surface area contributed by atoms with Gasteiger partial charge in [0.05, 0.1) is 10.2 Å². The van der Waals surface area contributed by atoms with Gasteiger partial charge in [0.2, 0.25) is 0 Å². The zero-order valence-corrected chi connectivity index (χ0v) is 14.8. The maximum Gasteiger partial charge on any atom is 0.175 e. The zero-order chi connectivity index (χ0) is 14.8. The van der Waals surface area contributed by atoms with Gasteiger partial charge in [-0.05, 0) is 55.6 Å². The van der Waals surface area contributed by atoms with Crippen molar-refractivity contribution in [2.24, 2.45) is 0 Å². The Balaban J connectivity index is 1.79. The normalized spacial score (nSPS) is 13.1. The lowest BCUT2D eigenvalue weighted by Gasteiger charge is -2.20. The van der Waals surface area contributed by atoms with Crippen molar-refractivity contribution in [2.45, 2.75) is 6.54 Å². The molecule has 3 rings (SSSR count). The zero-order valence-electron chi connectivity index (χ0n) is 10.8. The Hall–Kier alpha value is -0.980. The Labute approximate surface area is 144 Å². The van der Waals surface area contributed by atoms with E-state index < -0.39 is 0 Å². The molecule has 0 saturated heterocycles. The van der Waals surface area contributed by atoms with E-state index in [9.17, 15) is 0 Å². The molecule has 1 aromatic heterocycles. The first-order valence-electron chi connectivity index (χ1n) is 6.26. The molecule has 1 aliphatic heterocycles. The molecule has 0 amide bonds. The Kier molecular flexibility index (Phi) is 4.57. The molecule has 1 N–H and O–H groups in total. The molecule has 0 aliphatic carbocycles. The molecule has 0 unspecified atom stereocenters. The number of pyridine rings is 1. The molecule has 1 aromatic carbocycles. The van der Waals surface area contributed by atoms with Gasteiger partial charge in [-0.25, -0.2) is 4.98 Å². The molecule has 110 valence electrons. The summed E-state index contributed by atoms with van der Waals surface area (Å²) in [6.45, 7) is 1.74. The molecule has 4 nitrogen and oxygen atoms in total. The van der Waals surface area contributed by atoms with Gasteiger partial charge in [0.25, 0.3) is 0 Å². The van der Waals surface area contributed by atoms with Crippen LogP contribution in [-0.2, 0) is 6.54 Å². The minimum absolute atomic E-state index is 0.440. The minimum Gasteiger partial charge on any atom is -0.486 e. The average Bonchev–Trinajstić information content (AvgIpc) is 2.48. The fraction of sp³-hybridized carbons (Fsp3) is 0.214. The van der Waals surface area contributed by atoms with Gasteiger partial charge < -0.3 is 14.8 Å². The number of hydrogen-bond donors (Lipinski definition) is 1. The summed E-state index contributed by atoms with van der Waals surface area (Å²) in [5.41, 5.74) is 1.83. The molecular formula is C14H11Br2ClN2O2. The average molecular weight is 435 g/mol. The number of aromatic nitrogens is 1. The number of fused-ring (bicyclic) bond motifs is 1. The molecule has 0 radical (unpaired) electrons. The summed E-state index contributed by atoms with van der Waals surface area (Å²) in [6, 6.07) is 5.85. The first-order valence-corrected chi connectivity index (χ1v) is 8.23. The number of halogens is 3. The highest BCUT2D eigenvalue weighted by Crippen LogP contribution is 2.38. The van der Waals surface area contributed by atoms with Gasteiger partial charge in [0, 0.05) is 17.2 Å². The molecular weight excluding hydrogens is 423 g/mol. The Bertz CT molecular complexity index is 682. The molecule has 1 aliphatic rings. The Morgan fingerprint density at radius 1 is 1.19 bits per heavy atom. The van der Waals surface area contributed by atoms with Crippen molar-refractivity contribution in [3.8, 4) is 11.5 Å². The molecule has 7 heteroatoms. The van der Waals surface area contributed by atoms with E-state index >= 15 is 0 Å². The van der Waals surface area contributed by atoms with Crippen LogP contribution in [0.2, 0.25) is 5.15 Å². The second-order valence-corrected chi connectivity index (χ2v) is 6.58. The van der Waals surface area contributed by atoms with Crippen LogP contribution >= 0.6 is 43.5 Å². The molecule has 0 spiro atoms. The summed E-state index contributed by atoms with van der Waals surface area (Å²) in [5, 5.41) is 3.70. The molecule has 21 heavy (non-hydrogen) atoms. The van der Waals surface area contributed by atoms with Crippen LogP contribution in [0.5, 0.6) is 11.5 Å². The van der Waals surface area contributed by atoms with E-state index in [1.807, 2.05) is 18.2 Å². The smallest absolute Gasteiger partial charge is 0.175 e. The van der Waals surface area contributed by atoms with Gasteiger partial charge in [-0.15, -0.1) is 0 Å². The summed E-state index contributed by atoms with van der Waals surface area (Å²) in [6.07, 6.45) is 1.66. The first-order chi connectivity index (χ1) is 10.1. The van der Waals surface area contributed by atoms with E-state index in [1.165, 1.54) is 0 Å². The van der Waals surface area contributed by atoms with Crippen molar-refractivity contribution < 1.29 is 9.47 Å². The first kappa shape index (κ1) is 14.9. The number of nitrogens with zero attached hydrogens (tertiary/aromatic N) is 1. The monoisotopic (exact) mass is 432 g/mol. The molecule has 2 heterocycles. The van der Waals surface area contributed by atoms with Crippen molar-refractivity contribution in [3.63, 3.8) is 0 Å². The number of anilines is 1. The SMILES string of the molecule is Clc1ncc(Br)cc1NCc1cc(Br)c2c(c1)OCCO2. The molecule has 0 fully saturated rings. The summed E-state index contributed by atoms with van der Waals surface area (Å²) in [4.78, 5) is 4.08. The van der Waals surface area contributed by atoms with Crippen LogP contribution < -0.4 is 14.8 Å². The fourth-order valence-corrected chi connectivity index (χ4v) is 3.12. The van der Waals surface area contributed by atoms with Crippen molar-refractivity contribution in [1.29, 1.82) is 0 Å². The van der Waals surface area contributed by atoms with Crippen LogP contribution in [0.4, 0.5) is 5.69 Å². The molecule has 0 saturated carbocycles. The second-order valence-electron chi connectivity index (χ2n) is 4.45. The molecule has 0 atom stereocenters. The predicted octanol–water partition coefficient (Wildman–Crippen LogP) is 4.64. The summed E-state index contributed by atoms with van der Waals surface area (Å²) >= 11 is 12.9. The van der Waals surface area contributed by atoms with Crippen LogP contribution in [0, 0.1) is 0 Å². The van der Waals surface area contributed by atoms with Gasteiger partial charge in [-0.2, -0.15) is 0 Å². The highest BCUT2D eigenvalue weighted by Gasteiger charge is 2.16. The van der Waals surface area contributed by atoms with Gasteiger partial charge in [0.1, 0.15) is 13.2 Å². The standard InChI is InChI=1S/C14H11Br2ClN2O2/c15-9-5-11(14(17)19-7-9)18-6-8-3-10(16)13-12(4-8)20-1-2-21-13/h3-5,7,18H,1-2,6H2. The van der Waals surface area contributed by atoms with E-state index in [-0.39, 0.29) is 0 Å². The number of benzene rings is 1. The van der Waals surface area contributed by atoms with Crippen molar-refractivity contribution >= 4 is 49.1 Å². The quantitative estimate of drug-likeness (QED) is 0.715. The highest BCUT2D eigenvalue weighted by atomic mass is 79.9. The van der Waals surface area contributed by atoms with Crippen LogP contribution in [-0.4, -0.2) is 18.2 Å². The third-order valence-electron chi connectivity index (χ3n) is 2.95. The molecule has 2 aromatic rings. The van der Waals surface area contributed by atoms with E-state index in [1.54, 1.807) is 6.20 Å². The summed E-state index contributed by atoms with van der Waals surface area (Å²) in [7, 11) is 0. The van der Waals surface area contributed by atoms with E-state index in [0.717, 1.165) is 31.7 Å². The van der Waals surface area contributed by atoms with E-state index in [0.29, 0.717) is 24.9 Å². The lowest BCUT2D eigenvalue weighted by atomic mass is 10.2. The third kappa shape index (κ3) is 3.44. The van der Waals surface area contributed by atoms with Crippen LogP contribution in [0.1, 0.15) is 5.56 Å². The van der Waals surface area contributed by atoms with Gasteiger partial charge in [-0.1, -0.05) is 11.6 Å². The molecule has 0 bridgehead atoms. The second kappa shape index (κ2) is 6.42. The topological polar surface area (TPSA) is 43.4 Å². The third-order valence-corrected chi connectivity index (χ3v) is 4.27. The van der Waals surface area contributed by atoms with Gasteiger partial charge in [0.15, 0.2) is 16.7 Å². The summed E-state index contributed by atoms with van der Waals surface area (Å²) < 4.78 is 12.9. The lowest BCUT2D eigenvalue weighted by Crippen LogP contribution is -2.16. The van der Waals surface area contributed by atoms with Gasteiger partial charge in [-0.3, -0.25) is 0 Å². The number of hydrogen-bond acceptors (Lipinski definition) is 4. The van der Waals surface area contributed by atoms with Crippen molar-refractivity contribution in [2.75, 3.05) is 18.5 Å². The fourth-order valence-electron chi connectivity index (χ4n) is 2.01. The van der Waals surface area contributed by atoms with Crippen LogP contribution in [0.15, 0.2) is 33.3 Å². The maximum atomic E-state index is 6.06. The predicted molar refractivity (Wildman–Crippen MR) is 89.4 cm³/mol. The lowest BCUT2D eigenvalue weighted by molar-refractivity contribution is 0.170. The minimum atomic E-state index is 0.440. The van der Waals surface area contributed by atoms with Gasteiger partial charge >= 0.3 is 0 Å². The largest absolute Gasteiger partial charge is 0.486 e. The number of nitrogens with one attached hydrogen (secondary N) is 1. The van der Waals surface area contributed by atoms with Crippen LogP contribution in [0.25, 0.3) is 0 Å². The highest BCUT2D eigenvalue weighted by molar-refractivity contribution is 9.10.